The van der Waals surface area contributed by atoms with Gasteiger partial charge in [0.25, 0.3) is 0 Å². The summed E-state index contributed by atoms with van der Waals surface area (Å²) in [5.41, 5.74) is 1.52. The van der Waals surface area contributed by atoms with Crippen LogP contribution in [-0.2, 0) is 35.0 Å². The molecular formula is C18H27BrN6O3S. The monoisotopic (exact) mass is 486 g/mol. The number of hydrogen-bond acceptors (Lipinski definition) is 5. The van der Waals surface area contributed by atoms with Crippen molar-refractivity contribution < 1.29 is 13.2 Å². The average Bonchev–Trinajstić information content (AvgIpc) is 3.23. The molecule has 1 amide bonds. The molecule has 2 aromatic rings. The number of piperidine rings is 1. The Morgan fingerprint density at radius 2 is 2.07 bits per heavy atom. The third-order valence-electron chi connectivity index (χ3n) is 5.50. The van der Waals surface area contributed by atoms with Crippen LogP contribution in [0.2, 0.25) is 0 Å². The minimum Gasteiger partial charge on any atom is -0.340 e. The van der Waals surface area contributed by atoms with Crippen molar-refractivity contribution in [2.24, 2.45) is 13.0 Å². The Bertz CT molecular complexity index is 999. The Hall–Kier alpha value is -1.72. The highest BCUT2D eigenvalue weighted by atomic mass is 79.9. The quantitative estimate of drug-likeness (QED) is 0.619. The fraction of sp³-hybridized carbons (Fsp3) is 0.611. The number of hydrogen-bond donors (Lipinski definition) is 0. The third kappa shape index (κ3) is 4.26. The van der Waals surface area contributed by atoms with E-state index in [0.29, 0.717) is 38.2 Å². The molecule has 29 heavy (non-hydrogen) atoms. The summed E-state index contributed by atoms with van der Waals surface area (Å²) < 4.78 is 31.8. The maximum absolute atomic E-state index is 13.1. The first kappa shape index (κ1) is 22.0. The van der Waals surface area contributed by atoms with Crippen molar-refractivity contribution in [2.75, 3.05) is 20.1 Å². The second-order valence-electron chi connectivity index (χ2n) is 7.37. The number of rotatable bonds is 6. The van der Waals surface area contributed by atoms with Crippen molar-refractivity contribution in [3.8, 4) is 0 Å². The van der Waals surface area contributed by atoms with Crippen LogP contribution < -0.4 is 0 Å². The van der Waals surface area contributed by atoms with Gasteiger partial charge in [-0.25, -0.2) is 8.42 Å². The zero-order chi connectivity index (χ0) is 21.3. The minimum absolute atomic E-state index is 0.0523. The second-order valence-corrected chi connectivity index (χ2v) is 10.1. The number of carbonyl (C=O) groups excluding carboxylic acids is 1. The van der Waals surface area contributed by atoms with Gasteiger partial charge in [0.2, 0.25) is 15.9 Å². The molecule has 0 N–H and O–H groups in total. The fourth-order valence-corrected chi connectivity index (χ4v) is 5.80. The first-order chi connectivity index (χ1) is 13.7. The molecule has 9 nitrogen and oxygen atoms in total. The van der Waals surface area contributed by atoms with Crippen LogP contribution in [-0.4, -0.2) is 63.2 Å². The van der Waals surface area contributed by atoms with E-state index in [1.807, 2.05) is 11.6 Å². The topological polar surface area (TPSA) is 93.3 Å². The number of carbonyl (C=O) groups is 1. The lowest BCUT2D eigenvalue weighted by molar-refractivity contribution is -0.136. The van der Waals surface area contributed by atoms with E-state index in [2.05, 4.69) is 26.1 Å². The Morgan fingerprint density at radius 3 is 2.69 bits per heavy atom. The number of sulfonamides is 1. The van der Waals surface area contributed by atoms with Gasteiger partial charge in [0, 0.05) is 33.7 Å². The van der Waals surface area contributed by atoms with E-state index < -0.39 is 10.0 Å². The van der Waals surface area contributed by atoms with Gasteiger partial charge in [-0.2, -0.15) is 14.5 Å². The predicted octanol–water partition coefficient (Wildman–Crippen LogP) is 1.77. The predicted molar refractivity (Wildman–Crippen MR) is 112 cm³/mol. The molecule has 0 aliphatic carbocycles. The summed E-state index contributed by atoms with van der Waals surface area (Å²) in [6.07, 6.45) is 4.43. The zero-order valence-electron chi connectivity index (χ0n) is 17.2. The molecular weight excluding hydrogens is 460 g/mol. The Kier molecular flexibility index (Phi) is 6.49. The molecule has 160 valence electrons. The van der Waals surface area contributed by atoms with E-state index in [-0.39, 0.29) is 23.3 Å². The van der Waals surface area contributed by atoms with E-state index >= 15 is 0 Å². The molecule has 0 radical (unpaired) electrons. The lowest BCUT2D eigenvalue weighted by Crippen LogP contribution is -2.45. The van der Waals surface area contributed by atoms with Crippen LogP contribution in [0.15, 0.2) is 21.8 Å². The highest BCUT2D eigenvalue weighted by molar-refractivity contribution is 9.10. The van der Waals surface area contributed by atoms with Gasteiger partial charge < -0.3 is 4.90 Å². The van der Waals surface area contributed by atoms with E-state index in [1.165, 1.54) is 10.5 Å². The highest BCUT2D eigenvalue weighted by Crippen LogP contribution is 2.27. The lowest BCUT2D eigenvalue weighted by atomic mass is 9.98. The molecule has 0 bridgehead atoms. The van der Waals surface area contributed by atoms with Crippen LogP contribution in [0.3, 0.4) is 0 Å². The number of aromatic nitrogens is 4. The number of nitrogens with zero attached hydrogens (tertiary/aromatic N) is 6. The average molecular weight is 487 g/mol. The van der Waals surface area contributed by atoms with E-state index in [9.17, 15) is 13.2 Å². The summed E-state index contributed by atoms with van der Waals surface area (Å²) >= 11 is 3.49. The van der Waals surface area contributed by atoms with Crippen LogP contribution >= 0.6 is 15.9 Å². The summed E-state index contributed by atoms with van der Waals surface area (Å²) in [7, 11) is -0.210. The van der Waals surface area contributed by atoms with Crippen LogP contribution in [0.5, 0.6) is 0 Å². The molecule has 2 aromatic heterocycles. The summed E-state index contributed by atoms with van der Waals surface area (Å²) in [5.74, 6) is -0.416. The van der Waals surface area contributed by atoms with Gasteiger partial charge >= 0.3 is 0 Å². The SMILES string of the molecule is CCn1ncc(Br)c1CN(C)C(=O)[C@H]1CCCN(S(=O)(=O)c2cnn(C)c2C)C1. The van der Waals surface area contributed by atoms with Crippen molar-refractivity contribution in [2.45, 2.75) is 44.7 Å². The van der Waals surface area contributed by atoms with Gasteiger partial charge in [0.05, 0.1) is 40.7 Å². The second kappa shape index (κ2) is 8.57. The molecule has 0 saturated carbocycles. The molecule has 1 saturated heterocycles. The number of halogens is 1. The molecule has 0 spiro atoms. The summed E-state index contributed by atoms with van der Waals surface area (Å²) in [5, 5.41) is 8.33. The van der Waals surface area contributed by atoms with E-state index in [4.69, 9.17) is 0 Å². The maximum Gasteiger partial charge on any atom is 0.246 e. The first-order valence-corrected chi connectivity index (χ1v) is 11.8. The van der Waals surface area contributed by atoms with Crippen LogP contribution in [0.4, 0.5) is 0 Å². The standard InChI is InChI=1S/C18H27BrN6O3S/c1-5-25-16(15(19)9-21-25)12-22(3)18(26)14-7-6-8-24(11-14)29(27,28)17-10-20-23(4)13(17)2/h9-10,14H,5-8,11-12H2,1-4H3/t14-/m0/s1. The van der Waals surface area contributed by atoms with Crippen molar-refractivity contribution in [3.05, 3.63) is 28.3 Å². The molecule has 0 aromatic carbocycles. The molecule has 1 fully saturated rings. The normalized spacial score (nSPS) is 18.2. The van der Waals surface area contributed by atoms with Crippen LogP contribution in [0.1, 0.15) is 31.2 Å². The van der Waals surface area contributed by atoms with Crippen LogP contribution in [0, 0.1) is 12.8 Å². The van der Waals surface area contributed by atoms with Crippen molar-refractivity contribution in [3.63, 3.8) is 0 Å². The van der Waals surface area contributed by atoms with Crippen molar-refractivity contribution >= 4 is 31.9 Å². The molecule has 1 aliphatic rings. The Morgan fingerprint density at radius 1 is 1.34 bits per heavy atom. The maximum atomic E-state index is 13.1. The Balaban J connectivity index is 1.73. The summed E-state index contributed by atoms with van der Waals surface area (Å²) in [6.45, 7) is 5.46. The van der Waals surface area contributed by atoms with Gasteiger partial charge in [0.1, 0.15) is 4.90 Å². The van der Waals surface area contributed by atoms with Crippen LogP contribution in [0.25, 0.3) is 0 Å². The molecule has 3 rings (SSSR count). The van der Waals surface area contributed by atoms with Gasteiger partial charge in [-0.05, 0) is 42.6 Å². The van der Waals surface area contributed by atoms with Gasteiger partial charge in [-0.1, -0.05) is 0 Å². The Labute approximate surface area is 179 Å². The molecule has 0 unspecified atom stereocenters. The zero-order valence-corrected chi connectivity index (χ0v) is 19.6. The van der Waals surface area contributed by atoms with Crippen molar-refractivity contribution in [1.29, 1.82) is 0 Å². The van der Waals surface area contributed by atoms with Crippen molar-refractivity contribution in [1.82, 2.24) is 28.8 Å². The highest BCUT2D eigenvalue weighted by Gasteiger charge is 2.36. The van der Waals surface area contributed by atoms with Gasteiger partial charge in [-0.15, -0.1) is 0 Å². The third-order valence-corrected chi connectivity index (χ3v) is 8.13. The summed E-state index contributed by atoms with van der Waals surface area (Å²) in [4.78, 5) is 14.9. The molecule has 11 heteroatoms. The molecule has 1 aliphatic heterocycles. The lowest BCUT2D eigenvalue weighted by Gasteiger charge is -2.33. The fourth-order valence-electron chi connectivity index (χ4n) is 3.66. The smallest absolute Gasteiger partial charge is 0.246 e. The van der Waals surface area contributed by atoms with E-state index in [0.717, 1.165) is 10.2 Å². The van der Waals surface area contributed by atoms with Gasteiger partial charge in [-0.3, -0.25) is 14.2 Å². The summed E-state index contributed by atoms with van der Waals surface area (Å²) in [6, 6.07) is 0. The first-order valence-electron chi connectivity index (χ1n) is 9.60. The molecule has 1 atom stereocenters. The largest absolute Gasteiger partial charge is 0.340 e. The number of amides is 1. The minimum atomic E-state index is -3.67. The number of aryl methyl sites for hydroxylation is 2. The molecule has 3 heterocycles. The van der Waals surface area contributed by atoms with Gasteiger partial charge in [0.15, 0.2) is 0 Å². The van der Waals surface area contributed by atoms with E-state index in [1.54, 1.807) is 36.8 Å².